The summed E-state index contributed by atoms with van der Waals surface area (Å²) in [6.07, 6.45) is 2.83. The van der Waals surface area contributed by atoms with Crippen molar-refractivity contribution in [2.75, 3.05) is 0 Å². The van der Waals surface area contributed by atoms with Crippen molar-refractivity contribution in [1.29, 1.82) is 0 Å². The maximum Gasteiger partial charge on any atom is 0.358 e. The van der Waals surface area contributed by atoms with Crippen LogP contribution in [0.1, 0.15) is 16.1 Å². The van der Waals surface area contributed by atoms with Gasteiger partial charge < -0.3 is 4.74 Å². The molecule has 0 saturated carbocycles. The molecular weight excluding hydrogens is 284 g/mol. The third-order valence-electron chi connectivity index (χ3n) is 2.04. The number of hydrogen-bond donors (Lipinski definition) is 0. The second kappa shape index (κ2) is 5.54. The summed E-state index contributed by atoms with van der Waals surface area (Å²) in [5.74, 6) is -0.478. The van der Waals surface area contributed by atoms with E-state index in [9.17, 15) is 4.79 Å². The van der Waals surface area contributed by atoms with Crippen molar-refractivity contribution >= 4 is 21.9 Å². The van der Waals surface area contributed by atoms with Gasteiger partial charge in [0.1, 0.15) is 11.2 Å². The van der Waals surface area contributed by atoms with E-state index in [1.54, 1.807) is 0 Å². The molecule has 0 bridgehead atoms. The number of carbonyl (C=O) groups is 1. The van der Waals surface area contributed by atoms with Crippen molar-refractivity contribution in [3.63, 3.8) is 0 Å². The minimum Gasteiger partial charge on any atom is -0.456 e. The Balaban J connectivity index is 1.96. The Labute approximate surface area is 107 Å². The largest absolute Gasteiger partial charge is 0.456 e. The number of ether oxygens (including phenoxy) is 1. The molecule has 1 heterocycles. The summed E-state index contributed by atoms with van der Waals surface area (Å²) in [5, 5.41) is 0. The summed E-state index contributed by atoms with van der Waals surface area (Å²) in [4.78, 5) is 19.4. The normalized spacial score (nSPS) is 9.94. The number of aromatic nitrogens is 2. The van der Waals surface area contributed by atoms with Gasteiger partial charge in [0.05, 0.1) is 12.4 Å². The smallest absolute Gasteiger partial charge is 0.358 e. The van der Waals surface area contributed by atoms with Crippen molar-refractivity contribution in [2.24, 2.45) is 0 Å². The fourth-order valence-electron chi connectivity index (χ4n) is 1.21. The van der Waals surface area contributed by atoms with Gasteiger partial charge in [0.15, 0.2) is 5.69 Å². The Bertz CT molecular complexity index is 500. The van der Waals surface area contributed by atoms with E-state index in [0.717, 1.165) is 5.56 Å². The van der Waals surface area contributed by atoms with Gasteiger partial charge in [-0.05, 0) is 21.5 Å². The van der Waals surface area contributed by atoms with Crippen LogP contribution < -0.4 is 0 Å². The predicted molar refractivity (Wildman–Crippen MR) is 65.3 cm³/mol. The molecule has 1 aromatic carbocycles. The van der Waals surface area contributed by atoms with Crippen LogP contribution in [0.2, 0.25) is 0 Å². The minimum atomic E-state index is -0.478. The van der Waals surface area contributed by atoms with Gasteiger partial charge in [0, 0.05) is 0 Å². The predicted octanol–water partition coefficient (Wildman–Crippen LogP) is 2.60. The zero-order valence-electron chi connectivity index (χ0n) is 8.84. The molecule has 0 fully saturated rings. The molecule has 1 aromatic heterocycles. The molecule has 0 saturated heterocycles. The zero-order valence-corrected chi connectivity index (χ0v) is 10.4. The van der Waals surface area contributed by atoms with E-state index in [2.05, 4.69) is 25.9 Å². The molecule has 2 aromatic rings. The lowest BCUT2D eigenvalue weighted by Gasteiger charge is -2.03. The summed E-state index contributed by atoms with van der Waals surface area (Å²) in [6.45, 7) is 0.234. The first-order valence-corrected chi connectivity index (χ1v) is 5.73. The fourth-order valence-corrected chi connectivity index (χ4v) is 1.42. The maximum absolute atomic E-state index is 11.6. The van der Waals surface area contributed by atoms with Gasteiger partial charge in [0.2, 0.25) is 0 Å². The third-order valence-corrected chi connectivity index (χ3v) is 2.45. The van der Waals surface area contributed by atoms with Gasteiger partial charge >= 0.3 is 5.97 Å². The molecule has 0 aliphatic carbocycles. The van der Waals surface area contributed by atoms with E-state index in [-0.39, 0.29) is 12.3 Å². The van der Waals surface area contributed by atoms with Crippen molar-refractivity contribution in [3.05, 3.63) is 58.6 Å². The maximum atomic E-state index is 11.6. The molecule has 17 heavy (non-hydrogen) atoms. The molecule has 0 atom stereocenters. The van der Waals surface area contributed by atoms with E-state index in [0.29, 0.717) is 4.60 Å². The molecule has 0 aliphatic heterocycles. The SMILES string of the molecule is O=C(OCc1ccccc1)c1cnc(Br)cn1. The Hall–Kier alpha value is -1.75. The number of rotatable bonds is 3. The van der Waals surface area contributed by atoms with E-state index >= 15 is 0 Å². The van der Waals surface area contributed by atoms with Crippen LogP contribution in [0.15, 0.2) is 47.3 Å². The lowest BCUT2D eigenvalue weighted by Crippen LogP contribution is -2.07. The van der Waals surface area contributed by atoms with Crippen LogP contribution in [0.25, 0.3) is 0 Å². The number of carbonyl (C=O) groups excluding carboxylic acids is 1. The van der Waals surface area contributed by atoms with E-state index in [1.807, 2.05) is 30.3 Å². The van der Waals surface area contributed by atoms with Crippen LogP contribution in [0.4, 0.5) is 0 Å². The van der Waals surface area contributed by atoms with Crippen molar-refractivity contribution in [3.8, 4) is 0 Å². The Morgan fingerprint density at radius 1 is 1.18 bits per heavy atom. The topological polar surface area (TPSA) is 52.1 Å². The molecular formula is C12H9BrN2O2. The summed E-state index contributed by atoms with van der Waals surface area (Å²) >= 11 is 3.14. The average molecular weight is 293 g/mol. The van der Waals surface area contributed by atoms with E-state index in [4.69, 9.17) is 4.74 Å². The first-order valence-electron chi connectivity index (χ1n) is 4.94. The molecule has 0 spiro atoms. The highest BCUT2D eigenvalue weighted by atomic mass is 79.9. The highest BCUT2D eigenvalue weighted by molar-refractivity contribution is 9.10. The van der Waals surface area contributed by atoms with Crippen LogP contribution in [-0.2, 0) is 11.3 Å². The van der Waals surface area contributed by atoms with Crippen LogP contribution in [-0.4, -0.2) is 15.9 Å². The Morgan fingerprint density at radius 3 is 2.59 bits per heavy atom. The van der Waals surface area contributed by atoms with Crippen molar-refractivity contribution < 1.29 is 9.53 Å². The van der Waals surface area contributed by atoms with Crippen LogP contribution in [0.3, 0.4) is 0 Å². The quantitative estimate of drug-likeness (QED) is 0.816. The summed E-state index contributed by atoms with van der Waals surface area (Å²) in [5.41, 5.74) is 1.13. The van der Waals surface area contributed by atoms with Crippen molar-refractivity contribution in [1.82, 2.24) is 9.97 Å². The standard InChI is InChI=1S/C12H9BrN2O2/c13-11-7-14-10(6-15-11)12(16)17-8-9-4-2-1-3-5-9/h1-7H,8H2. The Morgan fingerprint density at radius 2 is 1.94 bits per heavy atom. The van der Waals surface area contributed by atoms with Gasteiger partial charge in [-0.15, -0.1) is 0 Å². The summed E-state index contributed by atoms with van der Waals surface area (Å²) in [7, 11) is 0. The Kier molecular flexibility index (Phi) is 3.82. The second-order valence-corrected chi connectivity index (χ2v) is 4.10. The first kappa shape index (κ1) is 11.7. The number of hydrogen-bond acceptors (Lipinski definition) is 4. The van der Waals surface area contributed by atoms with Crippen LogP contribution >= 0.6 is 15.9 Å². The molecule has 86 valence electrons. The van der Waals surface area contributed by atoms with E-state index < -0.39 is 5.97 Å². The van der Waals surface area contributed by atoms with Crippen LogP contribution in [0, 0.1) is 0 Å². The van der Waals surface area contributed by atoms with Gasteiger partial charge in [-0.2, -0.15) is 0 Å². The minimum absolute atomic E-state index is 0.198. The molecule has 0 amide bonds. The molecule has 5 heteroatoms. The van der Waals surface area contributed by atoms with Gasteiger partial charge in [-0.1, -0.05) is 30.3 Å². The lowest BCUT2D eigenvalue weighted by atomic mass is 10.2. The zero-order chi connectivity index (χ0) is 12.1. The average Bonchev–Trinajstić information content (AvgIpc) is 2.38. The van der Waals surface area contributed by atoms with Gasteiger partial charge in [-0.25, -0.2) is 14.8 Å². The van der Waals surface area contributed by atoms with E-state index in [1.165, 1.54) is 12.4 Å². The molecule has 0 radical (unpaired) electrons. The van der Waals surface area contributed by atoms with Crippen molar-refractivity contribution in [2.45, 2.75) is 6.61 Å². The number of benzene rings is 1. The van der Waals surface area contributed by atoms with Crippen LogP contribution in [0.5, 0.6) is 0 Å². The molecule has 0 N–H and O–H groups in total. The number of nitrogens with zero attached hydrogens (tertiary/aromatic N) is 2. The number of esters is 1. The third kappa shape index (κ3) is 3.35. The lowest BCUT2D eigenvalue weighted by molar-refractivity contribution is 0.0465. The molecule has 2 rings (SSSR count). The number of halogens is 1. The van der Waals surface area contributed by atoms with Gasteiger partial charge in [0.25, 0.3) is 0 Å². The monoisotopic (exact) mass is 292 g/mol. The highest BCUT2D eigenvalue weighted by Gasteiger charge is 2.09. The fraction of sp³-hybridized carbons (Fsp3) is 0.0833. The molecule has 0 unspecified atom stereocenters. The highest BCUT2D eigenvalue weighted by Crippen LogP contribution is 2.06. The molecule has 0 aliphatic rings. The van der Waals surface area contributed by atoms with Gasteiger partial charge in [-0.3, -0.25) is 0 Å². The first-order chi connectivity index (χ1) is 8.25. The summed E-state index contributed by atoms with van der Waals surface area (Å²) in [6, 6.07) is 9.47. The molecule has 4 nitrogen and oxygen atoms in total. The second-order valence-electron chi connectivity index (χ2n) is 3.29. The summed E-state index contributed by atoms with van der Waals surface area (Å²) < 4.78 is 5.68.